The standard InChI is InChI=1S/C60H76F3N3O15/c1-12-56(8,50(70)79-40-59(61,62)63)38-58(10,52(72)78-33-32-74-11)39-57(9,51(71)76-31-30-64-41(2)65-53(73)80-54(3,4)5)37-55(6,7)49(69)77-35-34-75-45-28-29-46(47(67)36-45)48(68)66-81-60(42-22-16-13-17-23-42,43-24-18-14-19-25-43)44-26-20-15-21-27-44/h13-29,36,67H,12,30-35,37-40H2,1-11H3,(H,66,68)(H,64,65,73). The molecule has 0 fully saturated rings. The Morgan fingerprint density at radius 3 is 1.57 bits per heavy atom. The predicted octanol–water partition coefficient (Wildman–Crippen LogP) is 10.4. The number of amides is 2. The zero-order chi connectivity index (χ0) is 60.3. The lowest BCUT2D eigenvalue weighted by atomic mass is 9.61. The Morgan fingerprint density at radius 2 is 1.07 bits per heavy atom. The van der Waals surface area contributed by atoms with E-state index >= 15 is 0 Å². The molecule has 0 aliphatic rings. The second kappa shape index (κ2) is 28.8. The number of carbonyl (C=O) groups is 6. The first kappa shape index (κ1) is 66.0. The smallest absolute Gasteiger partial charge is 0.422 e. The first-order valence-corrected chi connectivity index (χ1v) is 26.3. The highest BCUT2D eigenvalue weighted by atomic mass is 19.4. The average molecular weight is 1140 g/mol. The summed E-state index contributed by atoms with van der Waals surface area (Å²) in [5.74, 6) is -4.84. The van der Waals surface area contributed by atoms with Gasteiger partial charge in [-0.05, 0) is 117 Å². The van der Waals surface area contributed by atoms with Gasteiger partial charge >= 0.3 is 36.1 Å². The number of phenolic OH excluding ortho intramolecular Hbond substituents is 1. The van der Waals surface area contributed by atoms with E-state index in [1.165, 1.54) is 73.8 Å². The molecule has 0 radical (unpaired) electrons. The third-order valence-corrected chi connectivity index (χ3v) is 13.1. The van der Waals surface area contributed by atoms with Gasteiger partial charge in [-0.2, -0.15) is 13.2 Å². The zero-order valence-corrected chi connectivity index (χ0v) is 47.9. The topological polar surface area (TPSA) is 233 Å². The van der Waals surface area contributed by atoms with Crippen molar-refractivity contribution in [3.63, 3.8) is 0 Å². The van der Waals surface area contributed by atoms with E-state index in [2.05, 4.69) is 20.5 Å². The van der Waals surface area contributed by atoms with Crippen molar-refractivity contribution in [2.75, 3.05) is 53.3 Å². The predicted molar refractivity (Wildman–Crippen MR) is 293 cm³/mol. The van der Waals surface area contributed by atoms with Crippen LogP contribution in [0.2, 0.25) is 0 Å². The number of esters is 4. The van der Waals surface area contributed by atoms with E-state index in [1.54, 1.807) is 20.8 Å². The Labute approximate surface area is 471 Å². The number of carbonyl (C=O) groups excluding carboxylic acids is 6. The number of hydroxylamine groups is 1. The molecule has 4 rings (SSSR count). The highest BCUT2D eigenvalue weighted by molar-refractivity contribution is 5.96. The van der Waals surface area contributed by atoms with Crippen LogP contribution in [0.1, 0.15) is 122 Å². The number of aliphatic imine (C=N–C) groups is 1. The van der Waals surface area contributed by atoms with Crippen LogP contribution in [0.5, 0.6) is 11.5 Å². The number of phenols is 1. The number of ether oxygens (including phenoxy) is 7. The summed E-state index contributed by atoms with van der Waals surface area (Å²) in [5.41, 5.74) is -4.39. The van der Waals surface area contributed by atoms with Crippen LogP contribution < -0.4 is 15.5 Å². The largest absolute Gasteiger partial charge is 0.507 e. The molecule has 0 saturated carbocycles. The van der Waals surface area contributed by atoms with E-state index in [9.17, 15) is 47.0 Å². The summed E-state index contributed by atoms with van der Waals surface area (Å²) in [6, 6.07) is 32.0. The number of hydrogen-bond donors (Lipinski definition) is 3. The molecule has 0 saturated heterocycles. The Kier molecular flexibility index (Phi) is 23.4. The minimum atomic E-state index is -4.84. The minimum absolute atomic E-state index is 0.0363. The number of alkyl halides is 3. The van der Waals surface area contributed by atoms with Crippen LogP contribution in [0.4, 0.5) is 18.0 Å². The zero-order valence-electron chi connectivity index (χ0n) is 47.9. The maximum Gasteiger partial charge on any atom is 0.422 e. The fourth-order valence-electron chi connectivity index (χ4n) is 9.41. The second-order valence-corrected chi connectivity index (χ2v) is 22.0. The molecule has 4 aromatic rings. The normalized spacial score (nSPS) is 14.4. The van der Waals surface area contributed by atoms with Crippen molar-refractivity contribution < 1.29 is 85.0 Å². The van der Waals surface area contributed by atoms with Crippen LogP contribution in [0.3, 0.4) is 0 Å². The third-order valence-electron chi connectivity index (χ3n) is 13.1. The molecule has 3 atom stereocenters. The Morgan fingerprint density at radius 1 is 0.593 bits per heavy atom. The fraction of sp³-hybridized carbons (Fsp3) is 0.483. The quantitative estimate of drug-likeness (QED) is 0.00913. The number of nitrogens with one attached hydrogen (secondary N) is 2. The van der Waals surface area contributed by atoms with Crippen molar-refractivity contribution in [3.05, 3.63) is 131 Å². The van der Waals surface area contributed by atoms with Gasteiger partial charge in [-0.15, -0.1) is 0 Å². The van der Waals surface area contributed by atoms with Gasteiger partial charge < -0.3 is 38.3 Å². The molecule has 0 heterocycles. The summed E-state index contributed by atoms with van der Waals surface area (Å²) in [6.07, 6.45) is -6.97. The van der Waals surface area contributed by atoms with Gasteiger partial charge in [-0.1, -0.05) is 97.9 Å². The van der Waals surface area contributed by atoms with Crippen LogP contribution in [0, 0.1) is 21.7 Å². The van der Waals surface area contributed by atoms with E-state index in [4.69, 9.17) is 33.3 Å². The molecule has 81 heavy (non-hydrogen) atoms. The maximum absolute atomic E-state index is 14.5. The van der Waals surface area contributed by atoms with Gasteiger partial charge in [0.25, 0.3) is 5.91 Å². The minimum Gasteiger partial charge on any atom is -0.507 e. The van der Waals surface area contributed by atoms with Crippen LogP contribution in [-0.2, 0) is 58.0 Å². The SMILES string of the molecule is CCC(C)(CC(C)(CC(C)(CC(C)(C)C(=O)OCCOc1ccc(C(=O)NOC(c2ccccc2)(c2ccccc2)c2ccccc2)c(O)c1)C(=O)OCCN=C(C)NC(=O)OC(C)(C)C)C(=O)OCCOC)C(=O)OCC(F)(F)F. The molecule has 18 nitrogen and oxygen atoms in total. The highest BCUT2D eigenvalue weighted by Gasteiger charge is 2.54. The lowest BCUT2D eigenvalue weighted by molar-refractivity contribution is -0.195. The number of halogens is 3. The lowest BCUT2D eigenvalue weighted by Crippen LogP contribution is -2.47. The number of aromatic hydroxyl groups is 1. The van der Waals surface area contributed by atoms with Crippen molar-refractivity contribution >= 4 is 41.7 Å². The summed E-state index contributed by atoms with van der Waals surface area (Å²) in [4.78, 5) is 92.7. The van der Waals surface area contributed by atoms with Crippen LogP contribution in [0.25, 0.3) is 0 Å². The van der Waals surface area contributed by atoms with Crippen molar-refractivity contribution in [1.29, 1.82) is 0 Å². The molecule has 2 amide bonds. The second-order valence-electron chi connectivity index (χ2n) is 22.0. The van der Waals surface area contributed by atoms with E-state index < -0.39 is 100 Å². The van der Waals surface area contributed by atoms with Gasteiger partial charge in [-0.3, -0.25) is 39.1 Å². The summed E-state index contributed by atoms with van der Waals surface area (Å²) >= 11 is 0. The number of methoxy groups -OCH3 is 1. The lowest BCUT2D eigenvalue weighted by Gasteiger charge is -2.42. The van der Waals surface area contributed by atoms with Crippen molar-refractivity contribution in [3.8, 4) is 11.5 Å². The monoisotopic (exact) mass is 1140 g/mol. The molecule has 0 aliphatic carbocycles. The van der Waals surface area contributed by atoms with Crippen molar-refractivity contribution in [2.45, 2.75) is 112 Å². The fourth-order valence-corrected chi connectivity index (χ4v) is 9.41. The molecular formula is C60H76F3N3O15. The van der Waals surface area contributed by atoms with Crippen LogP contribution in [0.15, 0.2) is 114 Å². The molecule has 4 aromatic carbocycles. The third kappa shape index (κ3) is 19.3. The molecule has 3 N–H and O–H groups in total. The summed E-state index contributed by atoms with van der Waals surface area (Å²) in [7, 11) is 1.37. The first-order valence-electron chi connectivity index (χ1n) is 26.3. The number of rotatable bonds is 28. The van der Waals surface area contributed by atoms with E-state index in [0.29, 0.717) is 0 Å². The molecule has 0 spiro atoms. The van der Waals surface area contributed by atoms with Crippen molar-refractivity contribution in [2.24, 2.45) is 26.7 Å². The summed E-state index contributed by atoms with van der Waals surface area (Å²) < 4.78 is 77.5. The number of hydrogen-bond acceptors (Lipinski definition) is 16. The van der Waals surface area contributed by atoms with Crippen molar-refractivity contribution in [1.82, 2.24) is 10.8 Å². The molecule has 21 heteroatoms. The van der Waals surface area contributed by atoms with Gasteiger partial charge in [0.05, 0.1) is 40.4 Å². The number of alkyl carbamates (subject to hydrolysis) is 1. The summed E-state index contributed by atoms with van der Waals surface area (Å²) in [5, 5.41) is 13.6. The molecule has 0 aliphatic heterocycles. The number of nitrogens with zero attached hydrogens (tertiary/aromatic N) is 1. The Balaban J connectivity index is 1.54. The average Bonchev–Trinajstić information content (AvgIpc) is 3.41. The maximum atomic E-state index is 14.5. The van der Waals surface area contributed by atoms with Crippen LogP contribution >= 0.6 is 0 Å². The van der Waals surface area contributed by atoms with Gasteiger partial charge in [0.1, 0.15) is 49.4 Å². The Hall–Kier alpha value is -7.52. The molecule has 3 unspecified atom stereocenters. The van der Waals surface area contributed by atoms with E-state index in [1.807, 2.05) is 91.0 Å². The summed E-state index contributed by atoms with van der Waals surface area (Å²) in [6.45, 7) is 12.0. The number of amidine groups is 1. The van der Waals surface area contributed by atoms with Gasteiger partial charge in [0.2, 0.25) is 0 Å². The highest BCUT2D eigenvalue weighted by Crippen LogP contribution is 2.50. The van der Waals surface area contributed by atoms with Gasteiger partial charge in [0, 0.05) is 13.2 Å². The number of benzene rings is 4. The first-order chi connectivity index (χ1) is 37.9. The van der Waals surface area contributed by atoms with E-state index in [0.717, 1.165) is 16.7 Å². The van der Waals surface area contributed by atoms with Gasteiger partial charge in [0.15, 0.2) is 12.2 Å². The van der Waals surface area contributed by atoms with Gasteiger partial charge in [-0.25, -0.2) is 10.3 Å². The Bertz CT molecular complexity index is 2680. The molecule has 0 bridgehead atoms. The van der Waals surface area contributed by atoms with Crippen LogP contribution in [-0.4, -0.2) is 112 Å². The van der Waals surface area contributed by atoms with E-state index in [-0.39, 0.29) is 69.6 Å². The molecule has 442 valence electrons. The molecular weight excluding hydrogens is 1060 g/mol. The molecule has 0 aromatic heterocycles.